The lowest BCUT2D eigenvalue weighted by atomic mass is 9.94. The van der Waals surface area contributed by atoms with Crippen LogP contribution < -0.4 is 4.90 Å². The maximum absolute atomic E-state index is 12.5. The summed E-state index contributed by atoms with van der Waals surface area (Å²) < 4.78 is 13.1. The number of amides is 1. The second-order valence-electron chi connectivity index (χ2n) is 12.5. The van der Waals surface area contributed by atoms with E-state index in [0.29, 0.717) is 30.2 Å². The van der Waals surface area contributed by atoms with Crippen molar-refractivity contribution in [1.29, 1.82) is 0 Å². The van der Waals surface area contributed by atoms with Crippen LogP contribution >= 0.6 is 0 Å². The fraction of sp³-hybridized carbons (Fsp3) is 0.733. The molecular weight excluding hydrogens is 494 g/mol. The van der Waals surface area contributed by atoms with E-state index in [9.17, 15) is 9.59 Å². The number of anilines is 1. The van der Waals surface area contributed by atoms with E-state index in [1.165, 1.54) is 19.3 Å². The topological polar surface area (TPSA) is 89.8 Å². The number of fused-ring (bicyclic) bond motifs is 2. The van der Waals surface area contributed by atoms with Crippen molar-refractivity contribution in [2.45, 2.75) is 104 Å². The minimum Gasteiger partial charge on any atom is -0.444 e. The Morgan fingerprint density at radius 1 is 1.13 bits per heavy atom. The zero-order chi connectivity index (χ0) is 28.2. The zero-order valence-corrected chi connectivity index (χ0v) is 24.7. The lowest BCUT2D eigenvalue weighted by Crippen LogP contribution is -2.37. The summed E-state index contributed by atoms with van der Waals surface area (Å²) in [6, 6.07) is 2.35. The molecule has 9 nitrogen and oxygen atoms in total. The summed E-state index contributed by atoms with van der Waals surface area (Å²) in [7, 11) is 2.10. The Balaban J connectivity index is 1.32. The van der Waals surface area contributed by atoms with Crippen molar-refractivity contribution in [3.63, 3.8) is 0 Å². The van der Waals surface area contributed by atoms with Gasteiger partial charge in [-0.25, -0.2) is 14.8 Å². The summed E-state index contributed by atoms with van der Waals surface area (Å²) >= 11 is 0. The van der Waals surface area contributed by atoms with Crippen LogP contribution in [-0.2, 0) is 21.0 Å². The van der Waals surface area contributed by atoms with Crippen LogP contribution in [0.5, 0.6) is 0 Å². The summed E-state index contributed by atoms with van der Waals surface area (Å²) in [4.78, 5) is 38.2. The predicted molar refractivity (Wildman–Crippen MR) is 152 cm³/mol. The van der Waals surface area contributed by atoms with Gasteiger partial charge in [0.25, 0.3) is 0 Å². The van der Waals surface area contributed by atoms with Gasteiger partial charge in [-0.3, -0.25) is 9.36 Å². The maximum Gasteiger partial charge on any atom is 0.410 e. The molecule has 1 aliphatic heterocycles. The minimum atomic E-state index is -0.475. The van der Waals surface area contributed by atoms with Crippen molar-refractivity contribution in [2.24, 2.45) is 17.8 Å². The summed E-state index contributed by atoms with van der Waals surface area (Å²) in [5, 5.41) is 0.953. The molecule has 39 heavy (non-hydrogen) atoms. The fourth-order valence-corrected chi connectivity index (χ4v) is 6.19. The lowest BCUT2D eigenvalue weighted by Gasteiger charge is -2.28. The van der Waals surface area contributed by atoms with Gasteiger partial charge < -0.3 is 19.3 Å². The third-order valence-electron chi connectivity index (χ3n) is 8.46. The smallest absolute Gasteiger partial charge is 0.410 e. The van der Waals surface area contributed by atoms with Crippen molar-refractivity contribution in [1.82, 2.24) is 19.4 Å². The largest absolute Gasteiger partial charge is 0.444 e. The molecule has 1 amide bonds. The van der Waals surface area contributed by atoms with Crippen LogP contribution in [0, 0.1) is 17.8 Å². The van der Waals surface area contributed by atoms with Crippen molar-refractivity contribution < 1.29 is 19.1 Å². The first kappa shape index (κ1) is 29.2. The number of carbonyl (C=O) groups is 2. The standard InChI is InChI=1S/C30H47N5O4/c1-7-9-10-21(8-2)11-12-26(36)38-20-34-14-13-25-27(31-19-32-28(25)34)33(6)24-15-22-17-35(18-23(22)16-24)29(37)39-30(3,4)5/h13-14,19,21-24H,7-12,15-18,20H2,1-6H3/t21?,22-,23+,24?. The Morgan fingerprint density at radius 2 is 1.85 bits per heavy atom. The Bertz CT molecular complexity index is 1110. The normalized spacial score (nSPS) is 21.7. The first-order valence-electron chi connectivity index (χ1n) is 14.8. The van der Waals surface area contributed by atoms with E-state index in [1.807, 2.05) is 42.5 Å². The van der Waals surface area contributed by atoms with Crippen LogP contribution in [0.15, 0.2) is 18.6 Å². The Morgan fingerprint density at radius 3 is 2.49 bits per heavy atom. The van der Waals surface area contributed by atoms with E-state index in [1.54, 1.807) is 6.33 Å². The second-order valence-corrected chi connectivity index (χ2v) is 12.5. The van der Waals surface area contributed by atoms with Crippen molar-refractivity contribution in [3.8, 4) is 0 Å². The highest BCUT2D eigenvalue weighted by Crippen LogP contribution is 2.42. The van der Waals surface area contributed by atoms with E-state index in [-0.39, 0.29) is 18.8 Å². The van der Waals surface area contributed by atoms with Gasteiger partial charge in [0.1, 0.15) is 23.4 Å². The molecule has 2 fully saturated rings. The highest BCUT2D eigenvalue weighted by Gasteiger charge is 2.44. The third-order valence-corrected chi connectivity index (χ3v) is 8.46. The number of hydrogen-bond acceptors (Lipinski definition) is 7. The summed E-state index contributed by atoms with van der Waals surface area (Å²) in [6.45, 7) is 11.8. The van der Waals surface area contributed by atoms with Gasteiger partial charge in [0, 0.05) is 38.8 Å². The average Bonchev–Trinajstić information content (AvgIpc) is 3.59. The average molecular weight is 542 g/mol. The van der Waals surface area contributed by atoms with Crippen molar-refractivity contribution in [3.05, 3.63) is 18.6 Å². The van der Waals surface area contributed by atoms with Crippen LogP contribution in [0.25, 0.3) is 11.0 Å². The van der Waals surface area contributed by atoms with Gasteiger partial charge in [-0.2, -0.15) is 0 Å². The van der Waals surface area contributed by atoms with Crippen molar-refractivity contribution >= 4 is 28.9 Å². The summed E-state index contributed by atoms with van der Waals surface area (Å²) in [5.74, 6) is 2.27. The molecule has 0 bridgehead atoms. The van der Waals surface area contributed by atoms with Crippen LogP contribution in [0.1, 0.15) is 86.0 Å². The molecule has 4 rings (SSSR count). The molecule has 1 saturated carbocycles. The van der Waals surface area contributed by atoms with E-state index in [2.05, 4.69) is 35.8 Å². The molecule has 0 spiro atoms. The Hall–Kier alpha value is -2.84. The third kappa shape index (κ3) is 7.22. The number of nitrogens with zero attached hydrogens (tertiary/aromatic N) is 5. The van der Waals surface area contributed by atoms with E-state index in [4.69, 9.17) is 9.47 Å². The van der Waals surface area contributed by atoms with Gasteiger partial charge in [-0.05, 0) is 63.9 Å². The van der Waals surface area contributed by atoms with E-state index >= 15 is 0 Å². The number of likely N-dealkylation sites (tertiary alicyclic amines) is 1. The second kappa shape index (κ2) is 12.6. The van der Waals surface area contributed by atoms with Crippen LogP contribution in [-0.4, -0.2) is 63.3 Å². The number of aromatic nitrogens is 3. The minimum absolute atomic E-state index is 0.155. The first-order chi connectivity index (χ1) is 18.6. The number of esters is 1. The molecule has 0 aromatic carbocycles. The lowest BCUT2D eigenvalue weighted by molar-refractivity contribution is -0.147. The van der Waals surface area contributed by atoms with Gasteiger partial charge >= 0.3 is 12.1 Å². The van der Waals surface area contributed by atoms with Crippen LogP contribution in [0.3, 0.4) is 0 Å². The fourth-order valence-electron chi connectivity index (χ4n) is 6.19. The number of unbranched alkanes of at least 4 members (excludes halogenated alkanes) is 1. The Labute approximate surface area is 233 Å². The molecule has 3 heterocycles. The number of ether oxygens (including phenoxy) is 2. The number of rotatable bonds is 11. The van der Waals surface area contributed by atoms with Gasteiger partial charge in [0.05, 0.1) is 5.39 Å². The highest BCUT2D eigenvalue weighted by molar-refractivity contribution is 5.88. The number of hydrogen-bond donors (Lipinski definition) is 0. The molecular formula is C30H47N5O4. The molecule has 216 valence electrons. The molecule has 1 aliphatic carbocycles. The van der Waals surface area contributed by atoms with Crippen LogP contribution in [0.4, 0.5) is 10.6 Å². The molecule has 9 heteroatoms. The van der Waals surface area contributed by atoms with Gasteiger partial charge in [0.15, 0.2) is 6.73 Å². The SMILES string of the molecule is CCCCC(CC)CCC(=O)OCn1ccc2c(N(C)C3C[C@@H]4CN(C(=O)OC(C)(C)C)C[C@@H]4C3)ncnc21. The molecule has 1 saturated heterocycles. The van der Waals surface area contributed by atoms with Gasteiger partial charge in [0.2, 0.25) is 0 Å². The van der Waals surface area contributed by atoms with Crippen molar-refractivity contribution in [2.75, 3.05) is 25.0 Å². The quantitative estimate of drug-likeness (QED) is 0.322. The highest BCUT2D eigenvalue weighted by atomic mass is 16.6. The first-order valence-corrected chi connectivity index (χ1v) is 14.8. The maximum atomic E-state index is 12.5. The van der Waals surface area contributed by atoms with E-state index in [0.717, 1.165) is 55.6 Å². The zero-order valence-electron chi connectivity index (χ0n) is 24.7. The predicted octanol–water partition coefficient (Wildman–Crippen LogP) is 6.01. The molecule has 4 atom stereocenters. The molecule has 0 radical (unpaired) electrons. The summed E-state index contributed by atoms with van der Waals surface area (Å²) in [5.41, 5.74) is 0.292. The summed E-state index contributed by atoms with van der Waals surface area (Å²) in [6.07, 6.45) is 11.4. The number of carbonyl (C=O) groups excluding carboxylic acids is 2. The molecule has 2 aromatic heterocycles. The molecule has 2 aliphatic rings. The monoisotopic (exact) mass is 541 g/mol. The molecule has 2 aromatic rings. The van der Waals surface area contributed by atoms with E-state index < -0.39 is 5.60 Å². The Kier molecular flexibility index (Phi) is 9.39. The van der Waals surface area contributed by atoms with Gasteiger partial charge in [-0.1, -0.05) is 39.5 Å². The van der Waals surface area contributed by atoms with Gasteiger partial charge in [-0.15, -0.1) is 0 Å². The van der Waals surface area contributed by atoms with Crippen LogP contribution in [0.2, 0.25) is 0 Å². The molecule has 0 N–H and O–H groups in total. The molecule has 2 unspecified atom stereocenters.